The third-order valence-electron chi connectivity index (χ3n) is 2.65. The summed E-state index contributed by atoms with van der Waals surface area (Å²) in [6.07, 6.45) is 5.25. The Bertz CT molecular complexity index is 400. The van der Waals surface area contributed by atoms with Gasteiger partial charge in [0.1, 0.15) is 0 Å². The van der Waals surface area contributed by atoms with Crippen LogP contribution in [0.3, 0.4) is 0 Å². The van der Waals surface area contributed by atoms with Crippen molar-refractivity contribution in [2.45, 2.75) is 45.7 Å². The lowest BCUT2D eigenvalue weighted by atomic mass is 10.2. The molecule has 1 heterocycles. The molecule has 5 heteroatoms. The minimum Gasteiger partial charge on any atom is -0.363 e. The van der Waals surface area contributed by atoms with Crippen LogP contribution in [0, 0.1) is 0 Å². The molecule has 0 aliphatic rings. The Morgan fingerprint density at radius 1 is 1.47 bits per heavy atom. The Hall–Kier alpha value is -1.36. The highest BCUT2D eigenvalue weighted by atomic mass is 16.1. The van der Waals surface area contributed by atoms with Crippen LogP contribution in [0.5, 0.6) is 0 Å². The molecule has 17 heavy (non-hydrogen) atoms. The number of nitrogens with one attached hydrogen (secondary N) is 1. The van der Waals surface area contributed by atoms with Gasteiger partial charge in [0.15, 0.2) is 5.82 Å². The van der Waals surface area contributed by atoms with E-state index in [1.54, 1.807) is 17.0 Å². The fourth-order valence-corrected chi connectivity index (χ4v) is 1.66. The Balaban J connectivity index is 2.78. The highest BCUT2D eigenvalue weighted by Gasteiger charge is 2.09. The maximum Gasteiger partial charge on any atom is 0.293 e. The molecule has 1 rings (SSSR count). The molecule has 0 fully saturated rings. The second-order valence-corrected chi connectivity index (χ2v) is 4.56. The van der Waals surface area contributed by atoms with Gasteiger partial charge in [-0.2, -0.15) is 0 Å². The molecule has 0 amide bonds. The summed E-state index contributed by atoms with van der Waals surface area (Å²) in [5, 5.41) is 3.14. The SMILES string of the molecule is CC(CCCN)Nc1nccn(C(C)C)c1=O. The number of anilines is 1. The molecule has 5 nitrogen and oxygen atoms in total. The number of nitrogens with zero attached hydrogens (tertiary/aromatic N) is 2. The molecule has 0 saturated heterocycles. The molecular formula is C12H22N4O. The van der Waals surface area contributed by atoms with Crippen molar-refractivity contribution in [3.63, 3.8) is 0 Å². The minimum atomic E-state index is -0.0675. The summed E-state index contributed by atoms with van der Waals surface area (Å²) in [7, 11) is 0. The topological polar surface area (TPSA) is 72.9 Å². The Kier molecular flexibility index (Phi) is 5.15. The molecule has 0 spiro atoms. The first-order valence-corrected chi connectivity index (χ1v) is 6.10. The summed E-state index contributed by atoms with van der Waals surface area (Å²) in [4.78, 5) is 16.1. The summed E-state index contributed by atoms with van der Waals surface area (Å²) in [6.45, 7) is 6.65. The number of nitrogens with two attached hydrogens (primary N) is 1. The minimum absolute atomic E-state index is 0.0675. The number of rotatable bonds is 6. The maximum absolute atomic E-state index is 12.0. The van der Waals surface area contributed by atoms with Crippen molar-refractivity contribution in [2.24, 2.45) is 5.73 Å². The van der Waals surface area contributed by atoms with Crippen LogP contribution >= 0.6 is 0 Å². The lowest BCUT2D eigenvalue weighted by Gasteiger charge is -2.15. The van der Waals surface area contributed by atoms with E-state index in [2.05, 4.69) is 10.3 Å². The molecular weight excluding hydrogens is 216 g/mol. The van der Waals surface area contributed by atoms with Gasteiger partial charge >= 0.3 is 0 Å². The van der Waals surface area contributed by atoms with Crippen LogP contribution in [0.2, 0.25) is 0 Å². The van der Waals surface area contributed by atoms with Gasteiger partial charge in [0, 0.05) is 24.5 Å². The van der Waals surface area contributed by atoms with Gasteiger partial charge < -0.3 is 15.6 Å². The Morgan fingerprint density at radius 3 is 2.76 bits per heavy atom. The first-order chi connectivity index (χ1) is 8.06. The van der Waals surface area contributed by atoms with Crippen molar-refractivity contribution in [2.75, 3.05) is 11.9 Å². The predicted octanol–water partition coefficient (Wildman–Crippen LogP) is 1.36. The summed E-state index contributed by atoms with van der Waals surface area (Å²) in [5.41, 5.74) is 5.39. The zero-order valence-corrected chi connectivity index (χ0v) is 10.8. The van der Waals surface area contributed by atoms with Crippen LogP contribution in [0.25, 0.3) is 0 Å². The van der Waals surface area contributed by atoms with E-state index >= 15 is 0 Å². The fourth-order valence-electron chi connectivity index (χ4n) is 1.66. The van der Waals surface area contributed by atoms with Crippen LogP contribution in [0.15, 0.2) is 17.2 Å². The number of hydrogen-bond acceptors (Lipinski definition) is 4. The normalized spacial score (nSPS) is 12.8. The van der Waals surface area contributed by atoms with Crippen LogP contribution in [0.1, 0.15) is 39.7 Å². The van der Waals surface area contributed by atoms with Gasteiger partial charge in [-0.25, -0.2) is 4.98 Å². The van der Waals surface area contributed by atoms with E-state index in [0.29, 0.717) is 12.4 Å². The average molecular weight is 238 g/mol. The Labute approximate surface area is 102 Å². The number of aromatic nitrogens is 2. The second kappa shape index (κ2) is 6.39. The van der Waals surface area contributed by atoms with E-state index in [4.69, 9.17) is 5.73 Å². The van der Waals surface area contributed by atoms with E-state index in [1.807, 2.05) is 20.8 Å². The maximum atomic E-state index is 12.0. The zero-order valence-electron chi connectivity index (χ0n) is 10.8. The van der Waals surface area contributed by atoms with E-state index in [1.165, 1.54) is 0 Å². The molecule has 0 bridgehead atoms. The van der Waals surface area contributed by atoms with Gasteiger partial charge in [0.25, 0.3) is 5.56 Å². The molecule has 3 N–H and O–H groups in total. The third-order valence-corrected chi connectivity index (χ3v) is 2.65. The average Bonchev–Trinajstić information content (AvgIpc) is 2.28. The first kappa shape index (κ1) is 13.7. The monoisotopic (exact) mass is 238 g/mol. The zero-order chi connectivity index (χ0) is 12.8. The van der Waals surface area contributed by atoms with Gasteiger partial charge in [0.2, 0.25) is 0 Å². The van der Waals surface area contributed by atoms with Crippen LogP contribution < -0.4 is 16.6 Å². The highest BCUT2D eigenvalue weighted by Crippen LogP contribution is 2.05. The molecule has 0 aliphatic heterocycles. The van der Waals surface area contributed by atoms with Crippen LogP contribution in [-0.2, 0) is 0 Å². The predicted molar refractivity (Wildman–Crippen MR) is 70.3 cm³/mol. The smallest absolute Gasteiger partial charge is 0.293 e. The van der Waals surface area contributed by atoms with Gasteiger partial charge in [-0.05, 0) is 40.2 Å². The second-order valence-electron chi connectivity index (χ2n) is 4.56. The lowest BCUT2D eigenvalue weighted by molar-refractivity contribution is 0.572. The molecule has 1 aromatic rings. The molecule has 0 saturated carbocycles. The van der Waals surface area contributed by atoms with E-state index < -0.39 is 0 Å². The van der Waals surface area contributed by atoms with E-state index in [0.717, 1.165) is 12.8 Å². The largest absolute Gasteiger partial charge is 0.363 e. The molecule has 96 valence electrons. The molecule has 1 unspecified atom stereocenters. The summed E-state index contributed by atoms with van der Waals surface area (Å²) >= 11 is 0. The van der Waals surface area contributed by atoms with Gasteiger partial charge in [0.05, 0.1) is 0 Å². The fraction of sp³-hybridized carbons (Fsp3) is 0.667. The lowest BCUT2D eigenvalue weighted by Crippen LogP contribution is -2.29. The molecule has 1 atom stereocenters. The summed E-state index contributed by atoms with van der Waals surface area (Å²) < 4.78 is 1.67. The van der Waals surface area contributed by atoms with E-state index in [-0.39, 0.29) is 17.6 Å². The van der Waals surface area contributed by atoms with Crippen LogP contribution in [0.4, 0.5) is 5.82 Å². The standard InChI is InChI=1S/C12H22N4O/c1-9(2)16-8-7-14-11(12(16)17)15-10(3)5-4-6-13/h7-10H,4-6,13H2,1-3H3,(H,14,15). The third kappa shape index (κ3) is 3.85. The van der Waals surface area contributed by atoms with Crippen molar-refractivity contribution in [1.82, 2.24) is 9.55 Å². The van der Waals surface area contributed by atoms with E-state index in [9.17, 15) is 4.79 Å². The molecule has 1 aromatic heterocycles. The molecule has 0 radical (unpaired) electrons. The quantitative estimate of drug-likeness (QED) is 0.785. The van der Waals surface area contributed by atoms with Crippen molar-refractivity contribution in [3.05, 3.63) is 22.7 Å². The van der Waals surface area contributed by atoms with Crippen molar-refractivity contribution < 1.29 is 0 Å². The van der Waals surface area contributed by atoms with Gasteiger partial charge in [-0.1, -0.05) is 0 Å². The highest BCUT2D eigenvalue weighted by molar-refractivity contribution is 5.32. The Morgan fingerprint density at radius 2 is 2.18 bits per heavy atom. The first-order valence-electron chi connectivity index (χ1n) is 6.10. The summed E-state index contributed by atoms with van der Waals surface area (Å²) in [5.74, 6) is 0.422. The van der Waals surface area contributed by atoms with Gasteiger partial charge in [-0.3, -0.25) is 4.79 Å². The molecule has 0 aliphatic carbocycles. The van der Waals surface area contributed by atoms with Crippen molar-refractivity contribution >= 4 is 5.82 Å². The van der Waals surface area contributed by atoms with Crippen molar-refractivity contribution in [1.29, 1.82) is 0 Å². The van der Waals surface area contributed by atoms with Crippen molar-refractivity contribution in [3.8, 4) is 0 Å². The number of hydrogen-bond donors (Lipinski definition) is 2. The summed E-state index contributed by atoms with van der Waals surface area (Å²) in [6, 6.07) is 0.354. The van der Waals surface area contributed by atoms with Crippen LogP contribution in [-0.4, -0.2) is 22.1 Å². The molecule has 0 aromatic carbocycles. The van der Waals surface area contributed by atoms with Gasteiger partial charge in [-0.15, -0.1) is 0 Å².